The average molecular weight is 343 g/mol. The summed E-state index contributed by atoms with van der Waals surface area (Å²) in [6.07, 6.45) is 1.41. The number of hydrogen-bond donors (Lipinski definition) is 1. The fourth-order valence-electron chi connectivity index (χ4n) is 2.63. The molecule has 0 heterocycles. The Hall–Kier alpha value is -3.00. The maximum Gasteiger partial charge on any atom is 0.193 e. The lowest BCUT2D eigenvalue weighted by atomic mass is 10.0. The van der Waals surface area contributed by atoms with E-state index in [2.05, 4.69) is 0 Å². The molecule has 0 aliphatic heterocycles. The van der Waals surface area contributed by atoms with Gasteiger partial charge in [0, 0.05) is 17.3 Å². The maximum atomic E-state index is 12.1. The van der Waals surface area contributed by atoms with Gasteiger partial charge >= 0.3 is 0 Å². The summed E-state index contributed by atoms with van der Waals surface area (Å²) in [6.45, 7) is 8.07. The highest BCUT2D eigenvalue weighted by molar-refractivity contribution is 6.08. The average Bonchev–Trinajstić information content (AvgIpc) is 2.63. The molecule has 0 atom stereocenters. The number of aryl methyl sites for hydroxylation is 4. The van der Waals surface area contributed by atoms with Gasteiger partial charge in [0.15, 0.2) is 5.78 Å². The molecule has 132 valence electrons. The molecule has 0 aliphatic rings. The molecule has 2 nitrogen and oxygen atoms in total. The van der Waals surface area contributed by atoms with E-state index < -0.39 is 0 Å². The Morgan fingerprint density at radius 2 is 1.08 bits per heavy atom. The maximum absolute atomic E-state index is 12.1. The van der Waals surface area contributed by atoms with Crippen LogP contribution in [0.15, 0.2) is 66.7 Å². The van der Waals surface area contributed by atoms with Crippen molar-refractivity contribution in [1.29, 1.82) is 5.41 Å². The lowest BCUT2D eigenvalue weighted by Gasteiger charge is -2.02. The van der Waals surface area contributed by atoms with Crippen molar-refractivity contribution in [1.82, 2.24) is 0 Å². The summed E-state index contributed by atoms with van der Waals surface area (Å²) < 4.78 is 0. The molecular weight excluding hydrogens is 318 g/mol. The summed E-state index contributed by atoms with van der Waals surface area (Å²) in [6, 6.07) is 21.4. The van der Waals surface area contributed by atoms with E-state index >= 15 is 0 Å². The van der Waals surface area contributed by atoms with Crippen LogP contribution in [-0.4, -0.2) is 12.0 Å². The molecule has 1 N–H and O–H groups in total. The second kappa shape index (κ2) is 8.91. The number of hydrogen-bond acceptors (Lipinski definition) is 2. The third-order valence-electron chi connectivity index (χ3n) is 4.31. The number of carbonyl (C=O) groups excluding carboxylic acids is 1. The van der Waals surface area contributed by atoms with Crippen LogP contribution in [0.25, 0.3) is 0 Å². The number of ketones is 1. The zero-order valence-corrected chi connectivity index (χ0v) is 15.8. The Bertz CT molecular complexity index is 823. The van der Waals surface area contributed by atoms with Crippen molar-refractivity contribution in [3.05, 3.63) is 106 Å². The van der Waals surface area contributed by atoms with Gasteiger partial charge in [-0.15, -0.1) is 0 Å². The first kappa shape index (κ1) is 19.3. The summed E-state index contributed by atoms with van der Waals surface area (Å²) in [7, 11) is 0. The number of rotatable bonds is 3. The van der Waals surface area contributed by atoms with Crippen molar-refractivity contribution in [2.45, 2.75) is 27.7 Å². The van der Waals surface area contributed by atoms with E-state index in [4.69, 9.17) is 5.41 Å². The van der Waals surface area contributed by atoms with Gasteiger partial charge < -0.3 is 5.41 Å². The molecule has 3 aromatic rings. The highest BCUT2D eigenvalue weighted by Gasteiger charge is 2.07. The Kier molecular flexibility index (Phi) is 6.62. The summed E-state index contributed by atoms with van der Waals surface area (Å²) in [5.74, 6) is 0.0833. The van der Waals surface area contributed by atoms with Crippen LogP contribution in [0.5, 0.6) is 0 Å². The molecule has 0 spiro atoms. The first-order valence-corrected chi connectivity index (χ1v) is 8.67. The molecule has 3 rings (SSSR count). The predicted octanol–water partition coefficient (Wildman–Crippen LogP) is 5.84. The van der Waals surface area contributed by atoms with Crippen LogP contribution in [0.2, 0.25) is 0 Å². The summed E-state index contributed by atoms with van der Waals surface area (Å²) in [5.41, 5.74) is 7.22. The topological polar surface area (TPSA) is 40.9 Å². The highest BCUT2D eigenvalue weighted by atomic mass is 16.1. The van der Waals surface area contributed by atoms with Gasteiger partial charge in [0.05, 0.1) is 0 Å². The third-order valence-corrected chi connectivity index (χ3v) is 4.31. The minimum Gasteiger partial charge on any atom is -0.308 e. The molecule has 0 radical (unpaired) electrons. The van der Waals surface area contributed by atoms with Gasteiger partial charge in [-0.25, -0.2) is 0 Å². The van der Waals surface area contributed by atoms with Crippen LogP contribution < -0.4 is 0 Å². The van der Waals surface area contributed by atoms with Gasteiger partial charge in [0.2, 0.25) is 0 Å². The molecule has 0 saturated carbocycles. The second-order valence-electron chi connectivity index (χ2n) is 6.51. The first-order valence-electron chi connectivity index (χ1n) is 8.67. The molecule has 0 aromatic heterocycles. The zero-order valence-electron chi connectivity index (χ0n) is 15.8. The molecule has 0 bridgehead atoms. The van der Waals surface area contributed by atoms with Crippen molar-refractivity contribution < 1.29 is 4.79 Å². The van der Waals surface area contributed by atoms with Crippen molar-refractivity contribution in [3.8, 4) is 0 Å². The van der Waals surface area contributed by atoms with Crippen LogP contribution in [0.3, 0.4) is 0 Å². The first-order chi connectivity index (χ1) is 12.4. The quantitative estimate of drug-likeness (QED) is 0.471. The van der Waals surface area contributed by atoms with Crippen LogP contribution >= 0.6 is 0 Å². The zero-order chi connectivity index (χ0) is 19.1. The molecular formula is C24H25NO. The Morgan fingerprint density at radius 3 is 1.38 bits per heavy atom. The van der Waals surface area contributed by atoms with Gasteiger partial charge in [-0.1, -0.05) is 77.9 Å². The van der Waals surface area contributed by atoms with E-state index in [9.17, 15) is 4.79 Å². The summed E-state index contributed by atoms with van der Waals surface area (Å²) in [4.78, 5) is 12.1. The Labute approximate surface area is 156 Å². The van der Waals surface area contributed by atoms with Crippen LogP contribution in [0.1, 0.15) is 43.7 Å². The van der Waals surface area contributed by atoms with E-state index in [1.165, 1.54) is 28.5 Å². The van der Waals surface area contributed by atoms with Crippen LogP contribution in [0.4, 0.5) is 0 Å². The molecule has 0 aliphatic carbocycles. The largest absolute Gasteiger partial charge is 0.308 e. The van der Waals surface area contributed by atoms with E-state index in [1.807, 2.05) is 94.4 Å². The summed E-state index contributed by atoms with van der Waals surface area (Å²) >= 11 is 0. The second-order valence-corrected chi connectivity index (χ2v) is 6.51. The minimum atomic E-state index is 0.0833. The smallest absolute Gasteiger partial charge is 0.193 e. The van der Waals surface area contributed by atoms with E-state index in [1.54, 1.807) is 0 Å². The Morgan fingerprint density at radius 1 is 0.692 bits per heavy atom. The number of benzene rings is 3. The number of nitrogens with one attached hydrogen (secondary N) is 1. The van der Waals surface area contributed by atoms with Crippen molar-refractivity contribution >= 4 is 12.0 Å². The molecule has 3 aromatic carbocycles. The van der Waals surface area contributed by atoms with Gasteiger partial charge in [0.1, 0.15) is 0 Å². The molecule has 0 fully saturated rings. The fourth-order valence-corrected chi connectivity index (χ4v) is 2.63. The number of carbonyl (C=O) groups is 1. The summed E-state index contributed by atoms with van der Waals surface area (Å²) in [5, 5.41) is 7.10. The van der Waals surface area contributed by atoms with Crippen molar-refractivity contribution in [3.63, 3.8) is 0 Å². The lowest BCUT2D eigenvalue weighted by Crippen LogP contribution is -2.00. The molecule has 2 heteroatoms. The van der Waals surface area contributed by atoms with Crippen LogP contribution in [0, 0.1) is 33.1 Å². The fraction of sp³-hybridized carbons (Fsp3) is 0.167. The van der Waals surface area contributed by atoms with E-state index in [0.29, 0.717) is 0 Å². The molecule has 26 heavy (non-hydrogen) atoms. The van der Waals surface area contributed by atoms with Crippen molar-refractivity contribution in [2.75, 3.05) is 0 Å². The van der Waals surface area contributed by atoms with Gasteiger partial charge in [-0.3, -0.25) is 4.79 Å². The predicted molar refractivity (Wildman–Crippen MR) is 110 cm³/mol. The lowest BCUT2D eigenvalue weighted by molar-refractivity contribution is 0.103. The SMILES string of the molecule is Cc1ccc(C(=O)c2ccc(C)cc2)cc1.Cc1cccc(C)c1C=N. The monoisotopic (exact) mass is 343 g/mol. The van der Waals surface area contributed by atoms with E-state index in [-0.39, 0.29) is 5.78 Å². The standard InChI is InChI=1S/C15H14O.C9H11N/c1-11-3-7-13(8-4-11)15(16)14-9-5-12(2)6-10-14;1-7-4-3-5-8(2)9(7)6-10/h3-10H,1-2H3;3-6,10H,1-2H3. The van der Waals surface area contributed by atoms with Gasteiger partial charge in [0.25, 0.3) is 0 Å². The van der Waals surface area contributed by atoms with E-state index in [0.717, 1.165) is 16.7 Å². The van der Waals surface area contributed by atoms with Gasteiger partial charge in [-0.05, 0) is 44.4 Å². The van der Waals surface area contributed by atoms with Gasteiger partial charge in [-0.2, -0.15) is 0 Å². The molecule has 0 amide bonds. The third kappa shape index (κ3) is 5.00. The van der Waals surface area contributed by atoms with Crippen LogP contribution in [-0.2, 0) is 0 Å². The minimum absolute atomic E-state index is 0.0833. The normalized spacial score (nSPS) is 9.85. The molecule has 0 saturated heterocycles. The molecule has 0 unspecified atom stereocenters. The Balaban J connectivity index is 0.000000209. The van der Waals surface area contributed by atoms with Crippen molar-refractivity contribution in [2.24, 2.45) is 0 Å². The highest BCUT2D eigenvalue weighted by Crippen LogP contribution is 2.12.